The molecule has 1 aliphatic carbocycles. The molecular weight excluding hydrogens is 459 g/mol. The standard InChI is InChI=1S/C27H39FN6S/c1-18-8-6-7-13-26(18,3)34(5)27(4)19(2)23(32-25(29)33-27)17-31-20-9-10-24(22(28)16-20)35-21-11-14-30-15-12-21/h9-12,14-16,18-19,23,31H,6-8,13,17H2,1-5H3,(H3,29,32,33)/t18-,19?,23?,26+,27?/m0/s1. The minimum Gasteiger partial charge on any atom is -0.383 e. The Morgan fingerprint density at radius 1 is 1.20 bits per heavy atom. The molecule has 2 aromatic rings. The van der Waals surface area contributed by atoms with E-state index in [1.54, 1.807) is 18.5 Å². The highest BCUT2D eigenvalue weighted by Crippen LogP contribution is 2.43. The summed E-state index contributed by atoms with van der Waals surface area (Å²) in [6.07, 6.45) is 8.41. The number of aliphatic imine (C=N–C) groups is 1. The topological polar surface area (TPSA) is 78.6 Å². The third-order valence-corrected chi connectivity index (χ3v) is 9.63. The van der Waals surface area contributed by atoms with Crippen molar-refractivity contribution in [3.63, 3.8) is 0 Å². The first-order valence-corrected chi connectivity index (χ1v) is 13.4. The summed E-state index contributed by atoms with van der Waals surface area (Å²) >= 11 is 1.39. The van der Waals surface area contributed by atoms with Crippen LogP contribution in [0.1, 0.15) is 53.4 Å². The van der Waals surface area contributed by atoms with Crippen molar-refractivity contribution < 1.29 is 4.39 Å². The average Bonchev–Trinajstić information content (AvgIpc) is 2.84. The van der Waals surface area contributed by atoms with Crippen LogP contribution in [0.15, 0.2) is 57.5 Å². The van der Waals surface area contributed by atoms with Crippen LogP contribution in [-0.2, 0) is 0 Å². The number of halogens is 1. The van der Waals surface area contributed by atoms with Gasteiger partial charge in [-0.2, -0.15) is 0 Å². The Balaban J connectivity index is 1.46. The lowest BCUT2D eigenvalue weighted by Gasteiger charge is -2.58. The van der Waals surface area contributed by atoms with E-state index in [0.717, 1.165) is 10.6 Å². The smallest absolute Gasteiger partial charge is 0.190 e. The second-order valence-corrected chi connectivity index (χ2v) is 11.6. The molecule has 1 aromatic heterocycles. The molecular formula is C27H39FN6S. The van der Waals surface area contributed by atoms with E-state index in [1.165, 1.54) is 37.4 Å². The van der Waals surface area contributed by atoms with Gasteiger partial charge in [-0.05, 0) is 70.0 Å². The summed E-state index contributed by atoms with van der Waals surface area (Å²) in [5.41, 5.74) is 6.81. The largest absolute Gasteiger partial charge is 0.383 e. The molecule has 6 nitrogen and oxygen atoms in total. The van der Waals surface area contributed by atoms with Gasteiger partial charge in [0.2, 0.25) is 0 Å². The van der Waals surface area contributed by atoms with Crippen molar-refractivity contribution >= 4 is 23.4 Å². The summed E-state index contributed by atoms with van der Waals surface area (Å²) in [6, 6.07) is 8.99. The zero-order valence-corrected chi connectivity index (χ0v) is 22.3. The number of pyridine rings is 1. The van der Waals surface area contributed by atoms with E-state index in [9.17, 15) is 4.39 Å². The Morgan fingerprint density at radius 2 is 1.94 bits per heavy atom. The van der Waals surface area contributed by atoms with Gasteiger partial charge in [0, 0.05) is 45.9 Å². The summed E-state index contributed by atoms with van der Waals surface area (Å²) < 4.78 is 14.8. The predicted octanol–water partition coefficient (Wildman–Crippen LogP) is 5.32. The minimum atomic E-state index is -0.338. The molecule has 0 radical (unpaired) electrons. The van der Waals surface area contributed by atoms with Crippen LogP contribution in [-0.4, -0.2) is 46.7 Å². The van der Waals surface area contributed by atoms with Crippen molar-refractivity contribution in [3.05, 3.63) is 48.5 Å². The van der Waals surface area contributed by atoms with E-state index in [-0.39, 0.29) is 29.0 Å². The molecule has 35 heavy (non-hydrogen) atoms. The summed E-state index contributed by atoms with van der Waals surface area (Å²) in [5, 5.41) is 6.92. The molecule has 2 heterocycles. The number of nitrogens with zero attached hydrogens (tertiary/aromatic N) is 3. The highest BCUT2D eigenvalue weighted by atomic mass is 32.2. The maximum Gasteiger partial charge on any atom is 0.190 e. The number of nitrogens with two attached hydrogens (primary N) is 1. The molecule has 4 N–H and O–H groups in total. The number of benzene rings is 1. The molecule has 0 saturated heterocycles. The third-order valence-electron chi connectivity index (χ3n) is 8.57. The van der Waals surface area contributed by atoms with Crippen LogP contribution < -0.4 is 16.4 Å². The quantitative estimate of drug-likeness (QED) is 0.479. The Kier molecular flexibility index (Phi) is 7.62. The zero-order chi connectivity index (χ0) is 25.2. The summed E-state index contributed by atoms with van der Waals surface area (Å²) in [4.78, 5) is 12.8. The van der Waals surface area contributed by atoms with E-state index >= 15 is 0 Å². The predicted molar refractivity (Wildman–Crippen MR) is 143 cm³/mol. The molecule has 1 aromatic carbocycles. The normalized spacial score (nSPS) is 31.1. The molecule has 8 heteroatoms. The number of rotatable bonds is 7. The number of guanidine groups is 1. The van der Waals surface area contributed by atoms with Crippen LogP contribution in [0.4, 0.5) is 10.1 Å². The van der Waals surface area contributed by atoms with Crippen LogP contribution in [0.5, 0.6) is 0 Å². The van der Waals surface area contributed by atoms with Crippen LogP contribution in [0, 0.1) is 17.7 Å². The molecule has 5 atom stereocenters. The van der Waals surface area contributed by atoms with E-state index < -0.39 is 0 Å². The van der Waals surface area contributed by atoms with Gasteiger partial charge in [-0.15, -0.1) is 0 Å². The number of anilines is 1. The maximum absolute atomic E-state index is 14.8. The Morgan fingerprint density at radius 3 is 2.63 bits per heavy atom. The lowest BCUT2D eigenvalue weighted by Crippen LogP contribution is -2.73. The summed E-state index contributed by atoms with van der Waals surface area (Å²) in [6.45, 7) is 9.81. The Hall–Kier alpha value is -2.32. The van der Waals surface area contributed by atoms with E-state index in [0.29, 0.717) is 23.3 Å². The third kappa shape index (κ3) is 5.28. The van der Waals surface area contributed by atoms with Crippen molar-refractivity contribution in [1.82, 2.24) is 15.2 Å². The fraction of sp³-hybridized carbons (Fsp3) is 0.556. The van der Waals surface area contributed by atoms with Gasteiger partial charge >= 0.3 is 0 Å². The highest BCUT2D eigenvalue weighted by Gasteiger charge is 2.50. The van der Waals surface area contributed by atoms with E-state index in [4.69, 9.17) is 10.7 Å². The van der Waals surface area contributed by atoms with Gasteiger partial charge in [0.15, 0.2) is 5.96 Å². The summed E-state index contributed by atoms with van der Waals surface area (Å²) in [7, 11) is 2.23. The van der Waals surface area contributed by atoms with Crippen LogP contribution in [0.3, 0.4) is 0 Å². The van der Waals surface area contributed by atoms with Gasteiger partial charge in [-0.25, -0.2) is 9.38 Å². The minimum absolute atomic E-state index is 0.0415. The lowest BCUT2D eigenvalue weighted by molar-refractivity contribution is -0.0721. The molecule has 4 rings (SSSR count). The average molecular weight is 499 g/mol. The first-order chi connectivity index (χ1) is 16.6. The first kappa shape index (κ1) is 25.8. The molecule has 190 valence electrons. The highest BCUT2D eigenvalue weighted by molar-refractivity contribution is 7.99. The van der Waals surface area contributed by atoms with Crippen LogP contribution >= 0.6 is 11.8 Å². The SMILES string of the molecule is CC1C(CNc2ccc(Sc3ccncc3)c(F)c2)N=C(N)NC1(C)N(C)[C@]1(C)CCCC[C@@H]1C. The van der Waals surface area contributed by atoms with E-state index in [1.807, 2.05) is 24.3 Å². The van der Waals surface area contributed by atoms with Crippen LogP contribution in [0.25, 0.3) is 0 Å². The monoisotopic (exact) mass is 498 g/mol. The van der Waals surface area contributed by atoms with Gasteiger partial charge in [-0.1, -0.05) is 38.5 Å². The molecule has 0 spiro atoms. The molecule has 1 fully saturated rings. The second kappa shape index (κ2) is 10.3. The van der Waals surface area contributed by atoms with E-state index in [2.05, 4.69) is 55.3 Å². The van der Waals surface area contributed by atoms with Crippen LogP contribution in [0.2, 0.25) is 0 Å². The number of nitrogens with one attached hydrogen (secondary N) is 2. The maximum atomic E-state index is 14.8. The lowest BCUT2D eigenvalue weighted by atomic mass is 9.71. The first-order valence-electron chi connectivity index (χ1n) is 12.6. The molecule has 2 aliphatic rings. The van der Waals surface area contributed by atoms with Gasteiger partial charge in [0.25, 0.3) is 0 Å². The number of hydrogen-bond donors (Lipinski definition) is 3. The molecule has 1 saturated carbocycles. The molecule has 1 aliphatic heterocycles. The molecule has 0 bridgehead atoms. The molecule has 0 amide bonds. The van der Waals surface area contributed by atoms with Crippen molar-refractivity contribution in [3.8, 4) is 0 Å². The fourth-order valence-electron chi connectivity index (χ4n) is 5.65. The van der Waals surface area contributed by atoms with Gasteiger partial charge in [0.1, 0.15) is 5.82 Å². The second-order valence-electron chi connectivity index (χ2n) is 10.5. The van der Waals surface area contributed by atoms with Gasteiger partial charge < -0.3 is 16.4 Å². The number of hydrogen-bond acceptors (Lipinski definition) is 7. The van der Waals surface area contributed by atoms with Gasteiger partial charge in [-0.3, -0.25) is 9.88 Å². The number of aromatic nitrogens is 1. The van der Waals surface area contributed by atoms with Crippen molar-refractivity contribution in [1.29, 1.82) is 0 Å². The summed E-state index contributed by atoms with van der Waals surface area (Å²) in [5.74, 6) is 1.01. The Bertz CT molecular complexity index is 1050. The fourth-order valence-corrected chi connectivity index (χ4v) is 6.46. The van der Waals surface area contributed by atoms with Crippen molar-refractivity contribution in [2.24, 2.45) is 22.6 Å². The van der Waals surface area contributed by atoms with Crippen molar-refractivity contribution in [2.75, 3.05) is 18.9 Å². The Labute approximate surface area is 213 Å². The zero-order valence-electron chi connectivity index (χ0n) is 21.5. The van der Waals surface area contributed by atoms with Crippen molar-refractivity contribution in [2.45, 2.75) is 80.4 Å². The molecule has 3 unspecified atom stereocenters. The van der Waals surface area contributed by atoms with Gasteiger partial charge in [0.05, 0.1) is 11.7 Å².